The first-order valence-electron chi connectivity index (χ1n) is 8.81. The van der Waals surface area contributed by atoms with Gasteiger partial charge in [-0.25, -0.2) is 0 Å². The van der Waals surface area contributed by atoms with E-state index in [0.717, 1.165) is 11.1 Å². The van der Waals surface area contributed by atoms with E-state index in [1.165, 1.54) is 0 Å². The third-order valence-electron chi connectivity index (χ3n) is 5.01. The van der Waals surface area contributed by atoms with E-state index in [4.69, 9.17) is 23.7 Å². The van der Waals surface area contributed by atoms with Crippen LogP contribution >= 0.6 is 0 Å². The fourth-order valence-corrected chi connectivity index (χ4v) is 3.75. The molecule has 1 N–H and O–H groups in total. The second-order valence-electron chi connectivity index (χ2n) is 6.65. The lowest BCUT2D eigenvalue weighted by molar-refractivity contribution is -0.305. The van der Waals surface area contributed by atoms with Gasteiger partial charge < -0.3 is 28.8 Å². The number of benzene rings is 2. The Morgan fingerprint density at radius 3 is 1.81 bits per heavy atom. The molecule has 2 aromatic rings. The Bertz CT molecular complexity index is 738. The van der Waals surface area contributed by atoms with Crippen molar-refractivity contribution in [1.82, 2.24) is 0 Å². The third-order valence-corrected chi connectivity index (χ3v) is 5.01. The van der Waals surface area contributed by atoms with Crippen LogP contribution in [0.4, 0.5) is 0 Å². The molecule has 0 aliphatic carbocycles. The van der Waals surface area contributed by atoms with Crippen molar-refractivity contribution in [3.8, 4) is 0 Å². The van der Waals surface area contributed by atoms with Gasteiger partial charge in [-0.3, -0.25) is 0 Å². The molecule has 0 bridgehead atoms. The summed E-state index contributed by atoms with van der Waals surface area (Å²) in [6.07, 6.45) is -3.25. The maximum atomic E-state index is 9.75. The Balaban J connectivity index is 1.37. The molecule has 0 radical (unpaired) electrons. The third kappa shape index (κ3) is 2.75. The normalized spacial score (nSPS) is 38.7. The van der Waals surface area contributed by atoms with E-state index < -0.39 is 31.1 Å². The summed E-state index contributed by atoms with van der Waals surface area (Å²) in [4.78, 5) is 0. The van der Waals surface area contributed by atoms with Gasteiger partial charge in [-0.1, -0.05) is 60.7 Å². The molecule has 3 saturated heterocycles. The van der Waals surface area contributed by atoms with E-state index in [1.807, 2.05) is 60.7 Å². The van der Waals surface area contributed by atoms with Crippen LogP contribution in [0.15, 0.2) is 60.7 Å². The highest BCUT2D eigenvalue weighted by Gasteiger charge is 2.58. The summed E-state index contributed by atoms with van der Waals surface area (Å²) in [6.45, 7) is -0.157. The summed E-state index contributed by atoms with van der Waals surface area (Å²) in [7, 11) is 0. The van der Waals surface area contributed by atoms with Crippen molar-refractivity contribution in [2.75, 3.05) is 6.61 Å². The van der Waals surface area contributed by atoms with Crippen molar-refractivity contribution in [3.63, 3.8) is 0 Å². The van der Waals surface area contributed by atoms with Crippen LogP contribution in [0.5, 0.6) is 0 Å². The van der Waals surface area contributed by atoms with Gasteiger partial charge in [0.05, 0.1) is 6.61 Å². The zero-order valence-electron chi connectivity index (χ0n) is 14.0. The van der Waals surface area contributed by atoms with Gasteiger partial charge in [-0.15, -0.1) is 0 Å². The lowest BCUT2D eigenvalue weighted by atomic mass is 10.0. The highest BCUT2D eigenvalue weighted by molar-refractivity contribution is 5.19. The predicted octanol–water partition coefficient (Wildman–Crippen LogP) is 2.30. The monoisotopic (exact) mass is 356 g/mol. The average Bonchev–Trinajstić information content (AvgIpc) is 3.27. The average molecular weight is 356 g/mol. The standard InChI is InChI=1S/C20H20O6/c21-11-14-15-16(24-18(22-14)12-7-3-1-4-8-12)17-20(23-15)26-19(25-17)13-9-5-2-6-10-13/h1-10,14-21H,11H2/t14-,15-,16+,17-,18?,19?,20?/m1/s1. The minimum absolute atomic E-state index is 0.157. The maximum Gasteiger partial charge on any atom is 0.190 e. The molecule has 5 rings (SSSR count). The van der Waals surface area contributed by atoms with Crippen LogP contribution in [-0.2, 0) is 23.7 Å². The lowest BCUT2D eigenvalue weighted by Gasteiger charge is -2.38. The molecule has 3 fully saturated rings. The highest BCUT2D eigenvalue weighted by Crippen LogP contribution is 2.45. The summed E-state index contributed by atoms with van der Waals surface area (Å²) in [5.74, 6) is 0. The summed E-state index contributed by atoms with van der Waals surface area (Å²) in [5, 5.41) is 9.75. The summed E-state index contributed by atoms with van der Waals surface area (Å²) in [6, 6.07) is 19.4. The van der Waals surface area contributed by atoms with Crippen LogP contribution in [0.25, 0.3) is 0 Å². The van der Waals surface area contributed by atoms with E-state index in [1.54, 1.807) is 0 Å². The van der Waals surface area contributed by atoms with Crippen molar-refractivity contribution < 1.29 is 28.8 Å². The number of aliphatic hydroxyl groups is 1. The molecule has 3 unspecified atom stereocenters. The molecular formula is C20H20O6. The summed E-state index contributed by atoms with van der Waals surface area (Å²) < 4.78 is 30.1. The smallest absolute Gasteiger partial charge is 0.190 e. The molecule has 3 heterocycles. The largest absolute Gasteiger partial charge is 0.394 e. The van der Waals surface area contributed by atoms with Gasteiger partial charge in [-0.05, 0) is 0 Å². The minimum atomic E-state index is -0.573. The molecule has 2 aromatic carbocycles. The van der Waals surface area contributed by atoms with Gasteiger partial charge in [0, 0.05) is 11.1 Å². The van der Waals surface area contributed by atoms with Crippen LogP contribution in [0, 0.1) is 0 Å². The number of ether oxygens (including phenoxy) is 5. The van der Waals surface area contributed by atoms with Crippen molar-refractivity contribution in [2.45, 2.75) is 43.3 Å². The number of rotatable bonds is 3. The van der Waals surface area contributed by atoms with Crippen molar-refractivity contribution >= 4 is 0 Å². The van der Waals surface area contributed by atoms with Crippen molar-refractivity contribution in [2.24, 2.45) is 0 Å². The molecule has 3 aliphatic heterocycles. The Labute approximate surface area is 151 Å². The van der Waals surface area contributed by atoms with Crippen LogP contribution in [0.1, 0.15) is 23.7 Å². The van der Waals surface area contributed by atoms with Gasteiger partial charge in [0.15, 0.2) is 18.9 Å². The molecule has 0 spiro atoms. The minimum Gasteiger partial charge on any atom is -0.394 e. The highest BCUT2D eigenvalue weighted by atomic mass is 16.8. The Morgan fingerprint density at radius 2 is 1.19 bits per heavy atom. The fourth-order valence-electron chi connectivity index (χ4n) is 3.75. The summed E-state index contributed by atoms with van der Waals surface area (Å²) >= 11 is 0. The quantitative estimate of drug-likeness (QED) is 0.910. The van der Waals surface area contributed by atoms with E-state index in [0.29, 0.717) is 0 Å². The van der Waals surface area contributed by atoms with Crippen molar-refractivity contribution in [1.29, 1.82) is 0 Å². The Kier molecular flexibility index (Phi) is 4.24. The van der Waals surface area contributed by atoms with Crippen LogP contribution in [0.2, 0.25) is 0 Å². The molecule has 0 amide bonds. The molecule has 136 valence electrons. The van der Waals surface area contributed by atoms with Crippen molar-refractivity contribution in [3.05, 3.63) is 71.8 Å². The Morgan fingerprint density at radius 1 is 0.615 bits per heavy atom. The van der Waals surface area contributed by atoms with Crippen LogP contribution in [0.3, 0.4) is 0 Å². The fraction of sp³-hybridized carbons (Fsp3) is 0.400. The zero-order chi connectivity index (χ0) is 17.5. The first-order chi connectivity index (χ1) is 12.8. The van der Waals surface area contributed by atoms with Gasteiger partial charge in [0.2, 0.25) is 0 Å². The molecular weight excluding hydrogens is 336 g/mol. The number of hydrogen-bond acceptors (Lipinski definition) is 6. The van der Waals surface area contributed by atoms with E-state index in [9.17, 15) is 5.11 Å². The van der Waals surface area contributed by atoms with Gasteiger partial charge >= 0.3 is 0 Å². The second-order valence-corrected chi connectivity index (χ2v) is 6.65. The van der Waals surface area contributed by atoms with E-state index in [-0.39, 0.29) is 18.8 Å². The zero-order valence-corrected chi connectivity index (χ0v) is 14.0. The van der Waals surface area contributed by atoms with E-state index >= 15 is 0 Å². The second kappa shape index (κ2) is 6.74. The first kappa shape index (κ1) is 16.4. The van der Waals surface area contributed by atoms with Crippen LogP contribution < -0.4 is 0 Å². The lowest BCUT2D eigenvalue weighted by Crippen LogP contribution is -2.50. The topological polar surface area (TPSA) is 66.4 Å². The summed E-state index contributed by atoms with van der Waals surface area (Å²) in [5.41, 5.74) is 1.83. The Hall–Kier alpha value is -1.80. The van der Waals surface area contributed by atoms with Gasteiger partial charge in [0.25, 0.3) is 0 Å². The molecule has 6 nitrogen and oxygen atoms in total. The maximum absolute atomic E-state index is 9.75. The SMILES string of the molecule is OC[C@H]1OC(c2ccccc2)O[C@H]2[C@@H]1OC1OC(c3ccccc3)O[C@@H]12. The molecule has 7 atom stereocenters. The van der Waals surface area contributed by atoms with E-state index in [2.05, 4.69) is 0 Å². The molecule has 0 saturated carbocycles. The van der Waals surface area contributed by atoms with Crippen LogP contribution in [-0.4, -0.2) is 42.4 Å². The van der Waals surface area contributed by atoms with Gasteiger partial charge in [0.1, 0.15) is 24.4 Å². The number of hydrogen-bond donors (Lipinski definition) is 1. The number of aliphatic hydroxyl groups excluding tert-OH is 1. The predicted molar refractivity (Wildman–Crippen MR) is 89.8 cm³/mol. The first-order valence-corrected chi connectivity index (χ1v) is 8.81. The molecule has 26 heavy (non-hydrogen) atoms. The molecule has 6 heteroatoms. The molecule has 0 aromatic heterocycles. The number of fused-ring (bicyclic) bond motifs is 3. The molecule has 3 aliphatic rings. The van der Waals surface area contributed by atoms with Gasteiger partial charge in [-0.2, -0.15) is 0 Å².